The number of halogens is 2. The Morgan fingerprint density at radius 2 is 1.67 bits per heavy atom. The van der Waals surface area contributed by atoms with Gasteiger partial charge in [-0.25, -0.2) is 19.1 Å². The first-order valence-electron chi connectivity index (χ1n) is 10.3. The van der Waals surface area contributed by atoms with E-state index in [1.54, 1.807) is 36.5 Å². The molecule has 4 aromatic rings. The Morgan fingerprint density at radius 3 is 2.39 bits per heavy atom. The molecule has 1 aromatic heterocycles. The monoisotopic (exact) mass is 461 g/mol. The van der Waals surface area contributed by atoms with Crippen LogP contribution in [0.15, 0.2) is 91.1 Å². The second kappa shape index (κ2) is 10.1. The summed E-state index contributed by atoms with van der Waals surface area (Å²) in [7, 11) is 0. The van der Waals surface area contributed by atoms with E-state index in [9.17, 15) is 9.18 Å². The van der Waals surface area contributed by atoms with Crippen LogP contribution in [0.2, 0.25) is 5.02 Å². The smallest absolute Gasteiger partial charge is 0.332 e. The number of nitrogens with zero attached hydrogens (tertiary/aromatic N) is 3. The van der Waals surface area contributed by atoms with Crippen molar-refractivity contribution in [3.8, 4) is 0 Å². The van der Waals surface area contributed by atoms with Gasteiger partial charge in [-0.05, 0) is 48.9 Å². The van der Waals surface area contributed by atoms with Gasteiger partial charge in [0.2, 0.25) is 5.95 Å². The fraction of sp³-hybridized carbons (Fsp3) is 0.0800. The van der Waals surface area contributed by atoms with Crippen molar-refractivity contribution in [1.29, 1.82) is 0 Å². The first kappa shape index (κ1) is 22.2. The number of benzene rings is 3. The fourth-order valence-electron chi connectivity index (χ4n) is 3.24. The molecule has 0 radical (unpaired) electrons. The molecule has 0 saturated heterocycles. The molecule has 0 spiro atoms. The molecule has 1 atom stereocenters. The molecule has 2 amide bonds. The summed E-state index contributed by atoms with van der Waals surface area (Å²) < 4.78 is 13.6. The summed E-state index contributed by atoms with van der Waals surface area (Å²) in [6, 6.07) is 23.4. The lowest BCUT2D eigenvalue weighted by atomic mass is 10.1. The molecular weight excluding hydrogens is 441 g/mol. The van der Waals surface area contributed by atoms with Crippen molar-refractivity contribution >= 4 is 40.8 Å². The number of nitrogens with one attached hydrogen (secondary N) is 2. The molecule has 6 nitrogen and oxygen atoms in total. The molecule has 4 rings (SSSR count). The molecule has 0 fully saturated rings. The fourth-order valence-corrected chi connectivity index (χ4v) is 3.42. The molecule has 3 aromatic carbocycles. The van der Waals surface area contributed by atoms with Crippen molar-refractivity contribution in [2.45, 2.75) is 13.0 Å². The second-order valence-corrected chi connectivity index (χ2v) is 7.64. The SMILES string of the molecule is C[C@H](Nc1nccc(N(C(=O)Nc2ccccc2Cl)c2ccc(F)cc2)n1)c1ccccc1. The van der Waals surface area contributed by atoms with Gasteiger partial charge in [-0.3, -0.25) is 0 Å². The minimum atomic E-state index is -0.504. The van der Waals surface area contributed by atoms with E-state index in [-0.39, 0.29) is 6.04 Å². The Kier molecular flexibility index (Phi) is 6.80. The Hall–Kier alpha value is -3.97. The summed E-state index contributed by atoms with van der Waals surface area (Å²) in [6.07, 6.45) is 1.56. The van der Waals surface area contributed by atoms with Gasteiger partial charge in [-0.15, -0.1) is 0 Å². The van der Waals surface area contributed by atoms with Gasteiger partial charge in [0.25, 0.3) is 0 Å². The average molecular weight is 462 g/mol. The summed E-state index contributed by atoms with van der Waals surface area (Å²) in [6.45, 7) is 1.99. The minimum absolute atomic E-state index is 0.0577. The summed E-state index contributed by atoms with van der Waals surface area (Å²) >= 11 is 6.21. The molecule has 0 aliphatic heterocycles. The normalized spacial score (nSPS) is 11.5. The van der Waals surface area contributed by atoms with Gasteiger partial charge in [-0.1, -0.05) is 54.1 Å². The molecule has 0 unspecified atom stereocenters. The third kappa shape index (κ3) is 5.45. The lowest BCUT2D eigenvalue weighted by molar-refractivity contribution is 0.259. The van der Waals surface area contributed by atoms with Crippen LogP contribution >= 0.6 is 11.6 Å². The Balaban J connectivity index is 1.65. The van der Waals surface area contributed by atoms with Crippen molar-refractivity contribution in [3.63, 3.8) is 0 Å². The van der Waals surface area contributed by atoms with Crippen LogP contribution in [0.4, 0.5) is 32.3 Å². The van der Waals surface area contributed by atoms with Gasteiger partial charge in [0, 0.05) is 12.3 Å². The van der Waals surface area contributed by atoms with E-state index in [1.165, 1.54) is 29.2 Å². The van der Waals surface area contributed by atoms with Crippen LogP contribution in [0.25, 0.3) is 0 Å². The number of urea groups is 1. The number of carbonyl (C=O) groups is 1. The Bertz CT molecular complexity index is 1240. The zero-order chi connectivity index (χ0) is 23.2. The van der Waals surface area contributed by atoms with Gasteiger partial charge in [-0.2, -0.15) is 4.98 Å². The van der Waals surface area contributed by atoms with E-state index in [4.69, 9.17) is 11.6 Å². The van der Waals surface area contributed by atoms with E-state index in [1.807, 2.05) is 37.3 Å². The molecule has 166 valence electrons. The van der Waals surface area contributed by atoms with Crippen LogP contribution in [0.5, 0.6) is 0 Å². The van der Waals surface area contributed by atoms with Crippen LogP contribution in [0.1, 0.15) is 18.5 Å². The maximum absolute atomic E-state index is 13.6. The van der Waals surface area contributed by atoms with Crippen molar-refractivity contribution in [2.24, 2.45) is 0 Å². The third-order valence-corrected chi connectivity index (χ3v) is 5.25. The lowest BCUT2D eigenvalue weighted by Crippen LogP contribution is -2.31. The van der Waals surface area contributed by atoms with Gasteiger partial charge in [0.1, 0.15) is 11.6 Å². The first-order valence-corrected chi connectivity index (χ1v) is 10.6. The Morgan fingerprint density at radius 1 is 0.970 bits per heavy atom. The zero-order valence-electron chi connectivity index (χ0n) is 17.7. The van der Waals surface area contributed by atoms with E-state index in [0.717, 1.165) is 5.56 Å². The highest BCUT2D eigenvalue weighted by Gasteiger charge is 2.21. The highest BCUT2D eigenvalue weighted by Crippen LogP contribution is 2.28. The third-order valence-electron chi connectivity index (χ3n) is 4.92. The second-order valence-electron chi connectivity index (χ2n) is 7.24. The van der Waals surface area contributed by atoms with Gasteiger partial charge >= 0.3 is 6.03 Å². The summed E-state index contributed by atoms with van der Waals surface area (Å²) in [5.41, 5.74) is 1.95. The maximum Gasteiger partial charge on any atom is 0.332 e. The van der Waals surface area contributed by atoms with Crippen LogP contribution < -0.4 is 15.5 Å². The van der Waals surface area contributed by atoms with E-state index < -0.39 is 11.8 Å². The molecule has 2 N–H and O–H groups in total. The topological polar surface area (TPSA) is 70.2 Å². The van der Waals surface area contributed by atoms with Gasteiger partial charge in [0.05, 0.1) is 22.4 Å². The van der Waals surface area contributed by atoms with Crippen molar-refractivity contribution in [1.82, 2.24) is 9.97 Å². The van der Waals surface area contributed by atoms with Crippen molar-refractivity contribution in [2.75, 3.05) is 15.5 Å². The highest BCUT2D eigenvalue weighted by atomic mass is 35.5. The lowest BCUT2D eigenvalue weighted by Gasteiger charge is -2.23. The highest BCUT2D eigenvalue weighted by molar-refractivity contribution is 6.33. The van der Waals surface area contributed by atoms with E-state index in [0.29, 0.717) is 28.2 Å². The molecule has 0 saturated carbocycles. The average Bonchev–Trinajstić information content (AvgIpc) is 2.83. The summed E-state index contributed by atoms with van der Waals surface area (Å²) in [4.78, 5) is 23.5. The van der Waals surface area contributed by atoms with Crippen LogP contribution in [0.3, 0.4) is 0 Å². The summed E-state index contributed by atoms with van der Waals surface area (Å²) in [5.74, 6) is 0.248. The van der Waals surface area contributed by atoms with Crippen molar-refractivity contribution in [3.05, 3.63) is 108 Å². The van der Waals surface area contributed by atoms with Crippen molar-refractivity contribution < 1.29 is 9.18 Å². The standard InChI is InChI=1S/C25H21ClFN5O/c1-17(18-7-3-2-4-8-18)29-24-28-16-15-23(31-24)32(20-13-11-19(27)12-14-20)25(33)30-22-10-6-5-9-21(22)26/h2-17H,1H3,(H,30,33)(H,28,29,31)/t17-/m0/s1. The number of hydrogen-bond acceptors (Lipinski definition) is 4. The molecule has 33 heavy (non-hydrogen) atoms. The quantitative estimate of drug-likeness (QED) is 0.331. The molecule has 0 aliphatic rings. The van der Waals surface area contributed by atoms with Crippen LogP contribution in [0, 0.1) is 5.82 Å². The van der Waals surface area contributed by atoms with E-state index >= 15 is 0 Å². The van der Waals surface area contributed by atoms with Crippen LogP contribution in [-0.2, 0) is 0 Å². The molecule has 0 aliphatic carbocycles. The first-order chi connectivity index (χ1) is 16.0. The molecular formula is C25H21ClFN5O. The number of carbonyl (C=O) groups excluding carboxylic acids is 1. The maximum atomic E-state index is 13.6. The number of hydrogen-bond donors (Lipinski definition) is 2. The Labute approximate surface area is 196 Å². The number of rotatable bonds is 6. The van der Waals surface area contributed by atoms with Gasteiger partial charge in [0.15, 0.2) is 0 Å². The largest absolute Gasteiger partial charge is 0.348 e. The summed E-state index contributed by atoms with van der Waals surface area (Å²) in [5, 5.41) is 6.43. The number of amides is 2. The van der Waals surface area contributed by atoms with Crippen LogP contribution in [-0.4, -0.2) is 16.0 Å². The number of aromatic nitrogens is 2. The number of para-hydroxylation sites is 1. The predicted molar refractivity (Wildman–Crippen MR) is 130 cm³/mol. The van der Waals surface area contributed by atoms with Gasteiger partial charge < -0.3 is 10.6 Å². The zero-order valence-corrected chi connectivity index (χ0v) is 18.5. The number of anilines is 4. The molecule has 8 heteroatoms. The van der Waals surface area contributed by atoms with E-state index in [2.05, 4.69) is 20.6 Å². The molecule has 0 bridgehead atoms. The minimum Gasteiger partial charge on any atom is -0.348 e. The molecule has 1 heterocycles. The predicted octanol–water partition coefficient (Wildman–Crippen LogP) is 6.81.